The summed E-state index contributed by atoms with van der Waals surface area (Å²) in [5.74, 6) is -0.165. The third kappa shape index (κ3) is 4.26. The lowest BCUT2D eigenvalue weighted by Gasteiger charge is -2.35. The van der Waals surface area contributed by atoms with Gasteiger partial charge >= 0.3 is 0 Å². The first-order valence-corrected chi connectivity index (χ1v) is 8.85. The van der Waals surface area contributed by atoms with Crippen molar-refractivity contribution in [2.75, 3.05) is 13.6 Å². The smallest absolute Gasteiger partial charge is 0.223 e. The van der Waals surface area contributed by atoms with E-state index in [-0.39, 0.29) is 23.7 Å². The van der Waals surface area contributed by atoms with E-state index in [0.717, 1.165) is 30.5 Å². The molecule has 132 valence electrons. The van der Waals surface area contributed by atoms with Gasteiger partial charge in [-0.15, -0.1) is 0 Å². The number of hydrogen-bond acceptors (Lipinski definition) is 2. The molecule has 0 radical (unpaired) electrons. The molecule has 0 aliphatic carbocycles. The average Bonchev–Trinajstić information content (AvgIpc) is 2.63. The van der Waals surface area contributed by atoms with Gasteiger partial charge in [0, 0.05) is 12.0 Å². The van der Waals surface area contributed by atoms with Crippen molar-refractivity contribution >= 4 is 5.91 Å². The Hall–Kier alpha value is -2.20. The van der Waals surface area contributed by atoms with Crippen LogP contribution in [0, 0.1) is 11.7 Å². The molecule has 0 bridgehead atoms. The lowest BCUT2D eigenvalue weighted by Crippen LogP contribution is -2.44. The monoisotopic (exact) mass is 340 g/mol. The molecule has 0 saturated carbocycles. The molecule has 3 nitrogen and oxygen atoms in total. The van der Waals surface area contributed by atoms with Gasteiger partial charge in [0.05, 0.1) is 6.04 Å². The van der Waals surface area contributed by atoms with Crippen LogP contribution in [-0.2, 0) is 4.79 Å². The fraction of sp³-hybridized carbons (Fsp3) is 0.381. The highest BCUT2D eigenvalue weighted by atomic mass is 19.1. The average molecular weight is 340 g/mol. The molecular weight excluding hydrogens is 315 g/mol. The maximum absolute atomic E-state index is 13.3. The van der Waals surface area contributed by atoms with Crippen LogP contribution in [0.5, 0.6) is 0 Å². The summed E-state index contributed by atoms with van der Waals surface area (Å²) in [6.45, 7) is 3.10. The zero-order valence-corrected chi connectivity index (χ0v) is 14.8. The van der Waals surface area contributed by atoms with Crippen LogP contribution in [0.3, 0.4) is 0 Å². The third-order valence-corrected chi connectivity index (χ3v) is 5.20. The number of rotatable bonds is 4. The molecule has 0 unspecified atom stereocenters. The van der Waals surface area contributed by atoms with Gasteiger partial charge in [-0.2, -0.15) is 0 Å². The second-order valence-corrected chi connectivity index (χ2v) is 6.95. The van der Waals surface area contributed by atoms with E-state index >= 15 is 0 Å². The van der Waals surface area contributed by atoms with Crippen LogP contribution in [0.4, 0.5) is 4.39 Å². The van der Waals surface area contributed by atoms with Crippen molar-refractivity contribution in [3.63, 3.8) is 0 Å². The number of amides is 1. The molecule has 1 saturated heterocycles. The summed E-state index contributed by atoms with van der Waals surface area (Å²) < 4.78 is 13.3. The summed E-state index contributed by atoms with van der Waals surface area (Å²) >= 11 is 0. The molecule has 3 atom stereocenters. The number of nitrogens with zero attached hydrogens (tertiary/aromatic N) is 1. The molecule has 1 fully saturated rings. The topological polar surface area (TPSA) is 32.3 Å². The molecule has 1 aliphatic rings. The highest BCUT2D eigenvalue weighted by Crippen LogP contribution is 2.26. The summed E-state index contributed by atoms with van der Waals surface area (Å²) in [5.41, 5.74) is 1.89. The van der Waals surface area contributed by atoms with Crippen molar-refractivity contribution < 1.29 is 9.18 Å². The zero-order chi connectivity index (χ0) is 17.8. The van der Waals surface area contributed by atoms with Crippen LogP contribution in [0.15, 0.2) is 54.6 Å². The van der Waals surface area contributed by atoms with Crippen molar-refractivity contribution in [2.24, 2.45) is 5.92 Å². The van der Waals surface area contributed by atoms with Crippen LogP contribution in [0.1, 0.15) is 36.9 Å². The molecule has 1 aliphatic heterocycles. The lowest BCUT2D eigenvalue weighted by molar-refractivity contribution is -0.127. The van der Waals surface area contributed by atoms with E-state index in [2.05, 4.69) is 24.2 Å². The van der Waals surface area contributed by atoms with E-state index in [4.69, 9.17) is 0 Å². The second-order valence-electron chi connectivity index (χ2n) is 6.95. The Kier molecular flexibility index (Phi) is 5.49. The number of benzene rings is 2. The van der Waals surface area contributed by atoms with E-state index in [1.807, 2.05) is 30.3 Å². The van der Waals surface area contributed by atoms with Gasteiger partial charge in [-0.25, -0.2) is 4.39 Å². The van der Waals surface area contributed by atoms with E-state index in [1.54, 1.807) is 12.1 Å². The first-order valence-electron chi connectivity index (χ1n) is 8.85. The van der Waals surface area contributed by atoms with Crippen molar-refractivity contribution in [3.05, 3.63) is 71.5 Å². The number of likely N-dealkylation sites (tertiary alicyclic amines) is 1. The summed E-state index contributed by atoms with van der Waals surface area (Å²) in [6, 6.07) is 16.3. The summed E-state index contributed by atoms with van der Waals surface area (Å²) in [7, 11) is 2.10. The first-order chi connectivity index (χ1) is 12.0. The fourth-order valence-corrected chi connectivity index (χ4v) is 3.45. The van der Waals surface area contributed by atoms with Gasteiger partial charge in [0.2, 0.25) is 5.91 Å². The molecule has 2 aromatic rings. The number of piperidine rings is 1. The molecule has 4 heteroatoms. The largest absolute Gasteiger partial charge is 0.345 e. The van der Waals surface area contributed by atoms with E-state index in [1.165, 1.54) is 12.1 Å². The highest BCUT2D eigenvalue weighted by molar-refractivity contribution is 5.79. The summed E-state index contributed by atoms with van der Waals surface area (Å²) in [4.78, 5) is 15.2. The van der Waals surface area contributed by atoms with Crippen molar-refractivity contribution in [1.29, 1.82) is 0 Å². The van der Waals surface area contributed by atoms with Crippen molar-refractivity contribution in [2.45, 2.75) is 31.8 Å². The number of carbonyl (C=O) groups is 1. The Balaban J connectivity index is 1.80. The molecule has 3 rings (SSSR count). The van der Waals surface area contributed by atoms with Gasteiger partial charge < -0.3 is 10.2 Å². The van der Waals surface area contributed by atoms with Gasteiger partial charge in [0.1, 0.15) is 5.82 Å². The number of carbonyl (C=O) groups excluding carboxylic acids is 1. The van der Waals surface area contributed by atoms with Crippen LogP contribution in [0.2, 0.25) is 0 Å². The quantitative estimate of drug-likeness (QED) is 0.919. The van der Waals surface area contributed by atoms with Gasteiger partial charge in [-0.3, -0.25) is 4.79 Å². The Labute approximate surface area is 148 Å². The molecule has 1 amide bonds. The molecule has 1 heterocycles. The van der Waals surface area contributed by atoms with E-state index in [9.17, 15) is 9.18 Å². The minimum absolute atomic E-state index is 0.0258. The number of nitrogens with one attached hydrogen (secondary N) is 1. The highest BCUT2D eigenvalue weighted by Gasteiger charge is 2.29. The molecule has 25 heavy (non-hydrogen) atoms. The van der Waals surface area contributed by atoms with Crippen LogP contribution in [0.25, 0.3) is 0 Å². The summed E-state index contributed by atoms with van der Waals surface area (Å²) in [6.07, 6.45) is 1.74. The Bertz CT molecular complexity index is 702. The maximum Gasteiger partial charge on any atom is 0.223 e. The maximum atomic E-state index is 13.3. The van der Waals surface area contributed by atoms with Gasteiger partial charge in [0.15, 0.2) is 0 Å². The molecule has 0 spiro atoms. The number of halogens is 1. The molecule has 2 aromatic carbocycles. The zero-order valence-electron chi connectivity index (χ0n) is 14.8. The standard InChI is InChI=1S/C21H25FN2O/c1-15-14-18(12-13-24(15)2)21(25)23-20(16-6-4-3-5-7-16)17-8-10-19(22)11-9-17/h3-11,15,18,20H,12-14H2,1-2H3,(H,23,25)/t15-,18-,20+/m0/s1. The van der Waals surface area contributed by atoms with Gasteiger partial charge in [0.25, 0.3) is 0 Å². The Morgan fingerprint density at radius 2 is 1.76 bits per heavy atom. The number of hydrogen-bond donors (Lipinski definition) is 1. The van der Waals surface area contributed by atoms with Gasteiger partial charge in [-0.1, -0.05) is 42.5 Å². The molecule has 1 N–H and O–H groups in total. The predicted octanol–water partition coefficient (Wildman–Crippen LogP) is 3.76. The van der Waals surface area contributed by atoms with E-state index in [0.29, 0.717) is 6.04 Å². The van der Waals surface area contributed by atoms with E-state index < -0.39 is 0 Å². The van der Waals surface area contributed by atoms with Crippen LogP contribution >= 0.6 is 0 Å². The molecule has 0 aromatic heterocycles. The third-order valence-electron chi connectivity index (χ3n) is 5.20. The fourth-order valence-electron chi connectivity index (χ4n) is 3.45. The van der Waals surface area contributed by atoms with Crippen LogP contribution in [-0.4, -0.2) is 30.4 Å². The predicted molar refractivity (Wildman–Crippen MR) is 97.6 cm³/mol. The summed E-state index contributed by atoms with van der Waals surface area (Å²) in [5, 5.41) is 3.19. The molecular formula is C21H25FN2O. The minimum Gasteiger partial charge on any atom is -0.345 e. The Morgan fingerprint density at radius 1 is 1.12 bits per heavy atom. The lowest BCUT2D eigenvalue weighted by atomic mass is 9.90. The van der Waals surface area contributed by atoms with Crippen molar-refractivity contribution in [3.8, 4) is 0 Å². The second kappa shape index (κ2) is 7.79. The normalized spacial score (nSPS) is 22.4. The SMILES string of the molecule is C[C@H]1C[C@@H](C(=O)N[C@H](c2ccccc2)c2ccc(F)cc2)CCN1C. The van der Waals surface area contributed by atoms with Gasteiger partial charge in [-0.05, 0) is 56.6 Å². The van der Waals surface area contributed by atoms with Crippen molar-refractivity contribution in [1.82, 2.24) is 10.2 Å². The van der Waals surface area contributed by atoms with Crippen LogP contribution < -0.4 is 5.32 Å². The Morgan fingerprint density at radius 3 is 2.40 bits per heavy atom. The minimum atomic E-state index is -0.272. The first kappa shape index (κ1) is 17.6.